The number of nitrogens with one attached hydrogen (secondary N) is 2. The van der Waals surface area contributed by atoms with E-state index >= 15 is 0 Å². The number of ether oxygens (including phenoxy) is 1. The summed E-state index contributed by atoms with van der Waals surface area (Å²) in [5.74, 6) is -0.495. The number of hydrogen-bond donors (Lipinski definition) is 2. The van der Waals surface area contributed by atoms with E-state index in [4.69, 9.17) is 4.74 Å². The maximum atomic E-state index is 12.0. The third-order valence-corrected chi connectivity index (χ3v) is 3.59. The average Bonchev–Trinajstić information content (AvgIpc) is 3.40. The Morgan fingerprint density at radius 2 is 1.92 bits per heavy atom. The van der Waals surface area contributed by atoms with Crippen molar-refractivity contribution in [2.45, 2.75) is 25.8 Å². The Morgan fingerprint density at radius 1 is 1.17 bits per heavy atom. The third kappa shape index (κ3) is 4.10. The molecule has 1 amide bonds. The molecule has 0 radical (unpaired) electrons. The van der Waals surface area contributed by atoms with Gasteiger partial charge in [-0.3, -0.25) is 9.78 Å². The Morgan fingerprint density at radius 3 is 2.58 bits per heavy atom. The number of benzene rings is 1. The topological polar surface area (TPSA) is 80.3 Å². The van der Waals surface area contributed by atoms with Gasteiger partial charge >= 0.3 is 5.97 Å². The first-order valence-corrected chi connectivity index (χ1v) is 7.97. The molecule has 0 bridgehead atoms. The number of pyridine rings is 1. The lowest BCUT2D eigenvalue weighted by molar-refractivity contribution is 0.0526. The van der Waals surface area contributed by atoms with Crippen LogP contribution in [0.4, 0.5) is 11.4 Å². The zero-order chi connectivity index (χ0) is 16.9. The fourth-order valence-corrected chi connectivity index (χ4v) is 2.19. The molecule has 1 aromatic carbocycles. The Hall–Kier alpha value is -2.89. The Labute approximate surface area is 140 Å². The first kappa shape index (κ1) is 16.0. The summed E-state index contributed by atoms with van der Waals surface area (Å²) >= 11 is 0. The number of aromatic nitrogens is 1. The number of nitrogens with zero attached hydrogens (tertiary/aromatic N) is 1. The minimum atomic E-state index is -0.341. The van der Waals surface area contributed by atoms with E-state index in [-0.39, 0.29) is 11.9 Å². The van der Waals surface area contributed by atoms with Crippen LogP contribution in [-0.2, 0) is 4.74 Å². The second kappa shape index (κ2) is 7.12. The SMILES string of the molecule is CCOC(=O)c1ccc(Nc2ccnc(C(=O)NC3CC3)c2)cc1. The second-order valence-corrected chi connectivity index (χ2v) is 5.60. The highest BCUT2D eigenvalue weighted by Gasteiger charge is 2.24. The van der Waals surface area contributed by atoms with Crippen molar-refractivity contribution in [2.24, 2.45) is 0 Å². The molecule has 1 saturated carbocycles. The zero-order valence-corrected chi connectivity index (χ0v) is 13.4. The predicted octanol–water partition coefficient (Wildman–Crippen LogP) is 2.89. The summed E-state index contributed by atoms with van der Waals surface area (Å²) in [6.45, 7) is 2.12. The molecule has 6 heteroatoms. The van der Waals surface area contributed by atoms with Gasteiger partial charge in [-0.25, -0.2) is 4.79 Å². The summed E-state index contributed by atoms with van der Waals surface area (Å²) in [6.07, 6.45) is 3.67. The molecule has 1 fully saturated rings. The molecule has 0 atom stereocenters. The van der Waals surface area contributed by atoms with Gasteiger partial charge < -0.3 is 15.4 Å². The molecule has 6 nitrogen and oxygen atoms in total. The van der Waals surface area contributed by atoms with Crippen LogP contribution in [0.5, 0.6) is 0 Å². The summed E-state index contributed by atoms with van der Waals surface area (Å²) in [5.41, 5.74) is 2.45. The lowest BCUT2D eigenvalue weighted by atomic mass is 10.2. The normalized spacial score (nSPS) is 13.2. The number of esters is 1. The van der Waals surface area contributed by atoms with Crippen molar-refractivity contribution in [3.63, 3.8) is 0 Å². The number of hydrogen-bond acceptors (Lipinski definition) is 5. The van der Waals surface area contributed by atoms with Crippen molar-refractivity contribution in [1.82, 2.24) is 10.3 Å². The minimum Gasteiger partial charge on any atom is -0.462 e. The maximum absolute atomic E-state index is 12.0. The van der Waals surface area contributed by atoms with Crippen LogP contribution in [0.3, 0.4) is 0 Å². The lowest BCUT2D eigenvalue weighted by Crippen LogP contribution is -2.26. The van der Waals surface area contributed by atoms with Gasteiger partial charge in [-0.05, 0) is 56.2 Å². The molecule has 0 aliphatic heterocycles. The van der Waals surface area contributed by atoms with E-state index in [2.05, 4.69) is 15.6 Å². The van der Waals surface area contributed by atoms with Crippen LogP contribution in [0.2, 0.25) is 0 Å². The summed E-state index contributed by atoms with van der Waals surface area (Å²) < 4.78 is 4.95. The monoisotopic (exact) mass is 325 g/mol. The predicted molar refractivity (Wildman–Crippen MR) is 90.4 cm³/mol. The Balaban J connectivity index is 1.67. The van der Waals surface area contributed by atoms with Crippen molar-refractivity contribution in [2.75, 3.05) is 11.9 Å². The van der Waals surface area contributed by atoms with Crippen molar-refractivity contribution in [1.29, 1.82) is 0 Å². The maximum Gasteiger partial charge on any atom is 0.338 e. The standard InChI is InChI=1S/C18H19N3O3/c1-2-24-18(23)12-3-5-13(6-4-12)20-15-9-10-19-16(11-15)17(22)21-14-7-8-14/h3-6,9-11,14H,2,7-8H2,1H3,(H,19,20)(H,21,22). The molecular formula is C18H19N3O3. The van der Waals surface area contributed by atoms with Gasteiger partial charge in [0.15, 0.2) is 0 Å². The highest BCUT2D eigenvalue weighted by atomic mass is 16.5. The molecular weight excluding hydrogens is 306 g/mol. The first-order chi connectivity index (χ1) is 11.7. The van der Waals surface area contributed by atoms with Gasteiger partial charge in [0, 0.05) is 23.6 Å². The number of carbonyl (C=O) groups excluding carboxylic acids is 2. The fraction of sp³-hybridized carbons (Fsp3) is 0.278. The van der Waals surface area contributed by atoms with Crippen LogP contribution in [0.15, 0.2) is 42.6 Å². The summed E-state index contributed by atoms with van der Waals surface area (Å²) in [5, 5.41) is 6.11. The molecule has 1 aliphatic carbocycles. The molecule has 2 aromatic rings. The second-order valence-electron chi connectivity index (χ2n) is 5.60. The van der Waals surface area contributed by atoms with Gasteiger partial charge in [0.25, 0.3) is 5.91 Å². The molecule has 3 rings (SSSR count). The summed E-state index contributed by atoms with van der Waals surface area (Å²) in [4.78, 5) is 27.8. The van der Waals surface area contributed by atoms with Gasteiger partial charge in [-0.2, -0.15) is 0 Å². The van der Waals surface area contributed by atoms with E-state index in [9.17, 15) is 9.59 Å². The van der Waals surface area contributed by atoms with Gasteiger partial charge in [-0.15, -0.1) is 0 Å². The average molecular weight is 325 g/mol. The Bertz CT molecular complexity index is 739. The largest absolute Gasteiger partial charge is 0.462 e. The lowest BCUT2D eigenvalue weighted by Gasteiger charge is -2.09. The van der Waals surface area contributed by atoms with E-state index < -0.39 is 0 Å². The van der Waals surface area contributed by atoms with Crippen LogP contribution in [-0.4, -0.2) is 29.5 Å². The van der Waals surface area contributed by atoms with Gasteiger partial charge in [0.2, 0.25) is 0 Å². The Kier molecular flexibility index (Phi) is 4.74. The third-order valence-electron chi connectivity index (χ3n) is 3.59. The van der Waals surface area contributed by atoms with E-state index in [1.807, 2.05) is 0 Å². The van der Waals surface area contributed by atoms with Crippen molar-refractivity contribution < 1.29 is 14.3 Å². The van der Waals surface area contributed by atoms with Crippen LogP contribution in [0, 0.1) is 0 Å². The molecule has 1 heterocycles. The number of amides is 1. The molecule has 24 heavy (non-hydrogen) atoms. The van der Waals surface area contributed by atoms with E-state index in [0.717, 1.165) is 24.2 Å². The molecule has 1 aliphatic rings. The molecule has 0 unspecified atom stereocenters. The summed E-state index contributed by atoms with van der Waals surface area (Å²) in [7, 11) is 0. The van der Waals surface area contributed by atoms with E-state index in [0.29, 0.717) is 23.9 Å². The quantitative estimate of drug-likeness (QED) is 0.798. The van der Waals surface area contributed by atoms with Crippen molar-refractivity contribution >= 4 is 23.3 Å². The molecule has 0 saturated heterocycles. The molecule has 2 N–H and O–H groups in total. The van der Waals surface area contributed by atoms with Crippen LogP contribution in [0.25, 0.3) is 0 Å². The van der Waals surface area contributed by atoms with Crippen LogP contribution >= 0.6 is 0 Å². The van der Waals surface area contributed by atoms with Gasteiger partial charge in [0.1, 0.15) is 5.69 Å². The highest BCUT2D eigenvalue weighted by Crippen LogP contribution is 2.20. The molecule has 1 aromatic heterocycles. The zero-order valence-electron chi connectivity index (χ0n) is 13.4. The first-order valence-electron chi connectivity index (χ1n) is 7.97. The van der Waals surface area contributed by atoms with Gasteiger partial charge in [-0.1, -0.05) is 0 Å². The smallest absolute Gasteiger partial charge is 0.338 e. The highest BCUT2D eigenvalue weighted by molar-refractivity contribution is 5.93. The van der Waals surface area contributed by atoms with E-state index in [1.165, 1.54) is 0 Å². The summed E-state index contributed by atoms with van der Waals surface area (Å²) in [6, 6.07) is 10.8. The fourth-order valence-electron chi connectivity index (χ4n) is 2.19. The minimum absolute atomic E-state index is 0.154. The van der Waals surface area contributed by atoms with Crippen molar-refractivity contribution in [3.8, 4) is 0 Å². The molecule has 124 valence electrons. The number of rotatable bonds is 6. The van der Waals surface area contributed by atoms with Gasteiger partial charge in [0.05, 0.1) is 12.2 Å². The number of carbonyl (C=O) groups is 2. The van der Waals surface area contributed by atoms with Crippen LogP contribution < -0.4 is 10.6 Å². The van der Waals surface area contributed by atoms with E-state index in [1.54, 1.807) is 49.5 Å². The van der Waals surface area contributed by atoms with Crippen LogP contribution in [0.1, 0.15) is 40.6 Å². The molecule has 0 spiro atoms. The number of anilines is 2. The van der Waals surface area contributed by atoms with Crippen molar-refractivity contribution in [3.05, 3.63) is 53.9 Å².